The second kappa shape index (κ2) is 5.84. The molecule has 10 nitrogen and oxygen atoms in total. The van der Waals surface area contributed by atoms with E-state index in [4.69, 9.17) is 0 Å². The molecule has 11 heteroatoms. The quantitative estimate of drug-likeness (QED) is 0.203. The van der Waals surface area contributed by atoms with E-state index in [0.717, 1.165) is 0 Å². The first-order valence-electron chi connectivity index (χ1n) is 4.33. The maximum Gasteiger partial charge on any atom is 0.455 e. The number of alkyl halides is 1. The monoisotopic (exact) mass is 268 g/mol. The highest BCUT2D eigenvalue weighted by Gasteiger charge is 2.57. The van der Waals surface area contributed by atoms with E-state index in [1.165, 1.54) is 0 Å². The number of rotatable bonds is 6. The van der Waals surface area contributed by atoms with E-state index in [-0.39, 0.29) is 0 Å². The lowest BCUT2D eigenvalue weighted by Gasteiger charge is -2.18. The highest BCUT2D eigenvalue weighted by atomic mass is 19.1. The van der Waals surface area contributed by atoms with Crippen LogP contribution in [0.4, 0.5) is 4.39 Å². The van der Waals surface area contributed by atoms with Crippen molar-refractivity contribution in [2.75, 3.05) is 14.2 Å². The van der Waals surface area contributed by atoms with Crippen molar-refractivity contribution in [2.45, 2.75) is 18.3 Å². The number of esters is 2. The summed E-state index contributed by atoms with van der Waals surface area (Å²) < 4.78 is 21.9. The molecule has 0 aromatic carbocycles. The molecule has 0 rings (SSSR count). The molecule has 0 unspecified atom stereocenters. The lowest BCUT2D eigenvalue weighted by molar-refractivity contribution is -0.744. The number of hydrogen-bond donors (Lipinski definition) is 0. The van der Waals surface area contributed by atoms with Crippen LogP contribution in [-0.4, -0.2) is 47.8 Å². The van der Waals surface area contributed by atoms with Gasteiger partial charge in [0.05, 0.1) is 24.1 Å². The minimum absolute atomic E-state index is 0.715. The molecule has 0 N–H and O–H groups in total. The molecule has 0 aliphatic heterocycles. The summed E-state index contributed by atoms with van der Waals surface area (Å²) in [6, 6.07) is 0. The first-order chi connectivity index (χ1) is 8.20. The maximum atomic E-state index is 14.0. The van der Waals surface area contributed by atoms with Crippen LogP contribution in [0.15, 0.2) is 0 Å². The summed E-state index contributed by atoms with van der Waals surface area (Å²) in [5.41, 5.74) is -3.60. The Kier molecular flexibility index (Phi) is 5.08. The van der Waals surface area contributed by atoms with Crippen LogP contribution < -0.4 is 0 Å². The van der Waals surface area contributed by atoms with Crippen LogP contribution in [0.5, 0.6) is 0 Å². The van der Waals surface area contributed by atoms with Crippen LogP contribution in [0.2, 0.25) is 0 Å². The molecule has 0 radical (unpaired) electrons. The summed E-state index contributed by atoms with van der Waals surface area (Å²) >= 11 is 0. The third-order valence-electron chi connectivity index (χ3n) is 1.97. The summed E-state index contributed by atoms with van der Waals surface area (Å²) in [6.45, 7) is 0. The van der Waals surface area contributed by atoms with E-state index < -0.39 is 40.0 Å². The van der Waals surface area contributed by atoms with Crippen LogP contribution in [0.25, 0.3) is 0 Å². The standard InChI is InChI=1S/C7H9FN2O8/c1-17-5(11)7(8,6(12)18-2)3-4(9(13)14)10(15)16/h4H,3H2,1-2H3. The predicted octanol–water partition coefficient (Wildman–Crippen LogP) is -0.690. The molecular formula is C7H9FN2O8. The summed E-state index contributed by atoms with van der Waals surface area (Å²) in [4.78, 5) is 39.9. The van der Waals surface area contributed by atoms with Crippen molar-refractivity contribution in [2.24, 2.45) is 0 Å². The number of methoxy groups -OCH3 is 2. The van der Waals surface area contributed by atoms with Crippen molar-refractivity contribution in [3.05, 3.63) is 20.2 Å². The van der Waals surface area contributed by atoms with Crippen molar-refractivity contribution in [3.8, 4) is 0 Å². The molecule has 0 atom stereocenters. The maximum absolute atomic E-state index is 14.0. The lowest BCUT2D eigenvalue weighted by Crippen LogP contribution is -2.49. The number of halogens is 1. The van der Waals surface area contributed by atoms with E-state index in [9.17, 15) is 34.2 Å². The number of carbonyl (C=O) groups excluding carboxylic acids is 2. The van der Waals surface area contributed by atoms with Crippen molar-refractivity contribution in [1.29, 1.82) is 0 Å². The second-order valence-electron chi connectivity index (χ2n) is 3.04. The van der Waals surface area contributed by atoms with Gasteiger partial charge in [-0.3, -0.25) is 20.2 Å². The summed E-state index contributed by atoms with van der Waals surface area (Å²) in [6.07, 6.45) is -4.29. The fraction of sp³-hybridized carbons (Fsp3) is 0.714. The van der Waals surface area contributed by atoms with Gasteiger partial charge >= 0.3 is 23.8 Å². The average molecular weight is 268 g/mol. The Balaban J connectivity index is 5.36. The van der Waals surface area contributed by atoms with Gasteiger partial charge in [0, 0.05) is 0 Å². The molecule has 0 spiro atoms. The second-order valence-corrected chi connectivity index (χ2v) is 3.04. The Labute approximate surface area is 99.0 Å². The molecule has 0 aliphatic carbocycles. The lowest BCUT2D eigenvalue weighted by atomic mass is 10.0. The van der Waals surface area contributed by atoms with E-state index >= 15 is 0 Å². The zero-order valence-corrected chi connectivity index (χ0v) is 9.32. The fourth-order valence-electron chi connectivity index (χ4n) is 1.05. The topological polar surface area (TPSA) is 139 Å². The Hall–Kier alpha value is -2.33. The van der Waals surface area contributed by atoms with E-state index in [0.29, 0.717) is 14.2 Å². The fourth-order valence-corrected chi connectivity index (χ4v) is 1.05. The highest BCUT2D eigenvalue weighted by molar-refractivity contribution is 6.03. The molecule has 0 saturated carbocycles. The van der Waals surface area contributed by atoms with Gasteiger partial charge in [-0.15, -0.1) is 0 Å². The van der Waals surface area contributed by atoms with Crippen LogP contribution in [-0.2, 0) is 19.1 Å². The number of nitro groups is 2. The number of carbonyl (C=O) groups is 2. The molecule has 0 bridgehead atoms. The molecule has 0 saturated heterocycles. The molecule has 102 valence electrons. The summed E-state index contributed by atoms with van der Waals surface area (Å²) in [5, 5.41) is 20.7. The molecule has 0 aromatic rings. The third kappa shape index (κ3) is 3.09. The Morgan fingerprint density at radius 3 is 1.72 bits per heavy atom. The number of nitrogens with zero attached hydrogens (tertiary/aromatic N) is 2. The van der Waals surface area contributed by atoms with Gasteiger partial charge in [0.1, 0.15) is 6.42 Å². The molecular weight excluding hydrogens is 259 g/mol. The van der Waals surface area contributed by atoms with Gasteiger partial charge in [0.2, 0.25) is 0 Å². The molecule has 0 heterocycles. The smallest absolute Gasteiger partial charge is 0.455 e. The van der Waals surface area contributed by atoms with Crippen molar-refractivity contribution in [1.82, 2.24) is 0 Å². The zero-order valence-electron chi connectivity index (χ0n) is 9.32. The third-order valence-corrected chi connectivity index (χ3v) is 1.97. The van der Waals surface area contributed by atoms with Crippen molar-refractivity contribution < 1.29 is 33.3 Å². The molecule has 0 aliphatic rings. The molecule has 0 fully saturated rings. The van der Waals surface area contributed by atoms with Crippen LogP contribution in [0.1, 0.15) is 6.42 Å². The highest BCUT2D eigenvalue weighted by Crippen LogP contribution is 2.23. The first kappa shape index (κ1) is 15.7. The normalized spacial score (nSPS) is 10.9. The van der Waals surface area contributed by atoms with E-state index in [2.05, 4.69) is 9.47 Å². The van der Waals surface area contributed by atoms with Gasteiger partial charge in [-0.2, -0.15) is 0 Å². The predicted molar refractivity (Wildman–Crippen MR) is 50.3 cm³/mol. The van der Waals surface area contributed by atoms with E-state index in [1.54, 1.807) is 0 Å². The van der Waals surface area contributed by atoms with E-state index in [1.807, 2.05) is 0 Å². The Morgan fingerprint density at radius 1 is 1.17 bits per heavy atom. The van der Waals surface area contributed by atoms with Gasteiger partial charge in [-0.25, -0.2) is 14.0 Å². The molecule has 18 heavy (non-hydrogen) atoms. The molecule has 0 aromatic heterocycles. The average Bonchev–Trinajstić information content (AvgIpc) is 2.32. The number of hydrogen-bond acceptors (Lipinski definition) is 8. The first-order valence-corrected chi connectivity index (χ1v) is 4.33. The molecule has 0 amide bonds. The van der Waals surface area contributed by atoms with Crippen LogP contribution in [0, 0.1) is 20.2 Å². The summed E-state index contributed by atoms with van der Waals surface area (Å²) in [7, 11) is 1.43. The van der Waals surface area contributed by atoms with Gasteiger partial charge < -0.3 is 9.47 Å². The Bertz CT molecular complexity index is 354. The van der Waals surface area contributed by atoms with Crippen LogP contribution in [0.3, 0.4) is 0 Å². The SMILES string of the molecule is COC(=O)C(F)(CC([N+](=O)[O-])[N+](=O)[O-])C(=O)OC. The van der Waals surface area contributed by atoms with Gasteiger partial charge in [-0.1, -0.05) is 0 Å². The van der Waals surface area contributed by atoms with Crippen molar-refractivity contribution in [3.63, 3.8) is 0 Å². The minimum Gasteiger partial charge on any atom is -0.466 e. The van der Waals surface area contributed by atoms with Crippen LogP contribution >= 0.6 is 0 Å². The van der Waals surface area contributed by atoms with Crippen molar-refractivity contribution >= 4 is 11.9 Å². The zero-order chi connectivity index (χ0) is 14.5. The van der Waals surface area contributed by atoms with Gasteiger partial charge in [0.25, 0.3) is 0 Å². The Morgan fingerprint density at radius 2 is 1.50 bits per heavy atom. The number of ether oxygens (including phenoxy) is 2. The largest absolute Gasteiger partial charge is 0.466 e. The minimum atomic E-state index is -3.60. The van der Waals surface area contributed by atoms with Gasteiger partial charge in [0.15, 0.2) is 0 Å². The summed E-state index contributed by atoms with van der Waals surface area (Å²) in [5.74, 6) is -3.61. The van der Waals surface area contributed by atoms with Gasteiger partial charge in [-0.05, 0) is 0 Å².